The molecule has 2 aliphatic carbocycles. The van der Waals surface area contributed by atoms with Crippen molar-refractivity contribution in [2.24, 2.45) is 17.8 Å². The number of hydrogen-bond acceptors (Lipinski definition) is 9. The summed E-state index contributed by atoms with van der Waals surface area (Å²) in [5.74, 6) is -0.203. The molecule has 0 radical (unpaired) electrons. The molecule has 12 heteroatoms. The number of methoxy groups -OCH3 is 1. The predicted octanol–water partition coefficient (Wildman–Crippen LogP) is 5.52. The molecule has 4 heterocycles. The molecule has 7 atom stereocenters. The van der Waals surface area contributed by atoms with Crippen molar-refractivity contribution in [3.05, 3.63) is 70.3 Å². The fraction of sp³-hybridized carbons (Fsp3) is 0.610. The number of halogens is 1. The third-order valence-electron chi connectivity index (χ3n) is 13.2. The largest absolute Gasteiger partial charge is 0.490 e. The van der Waals surface area contributed by atoms with Crippen molar-refractivity contribution in [2.75, 3.05) is 57.9 Å². The minimum atomic E-state index is -3.97. The summed E-state index contributed by atoms with van der Waals surface area (Å²) in [4.78, 5) is 31.0. The Labute approximate surface area is 320 Å². The maximum atomic E-state index is 13.4. The maximum absolute atomic E-state index is 13.4. The molecule has 2 bridgehead atoms. The number of hydrogen-bond donors (Lipinski definition) is 2. The number of amides is 1. The highest BCUT2D eigenvalue weighted by Crippen LogP contribution is 2.48. The Morgan fingerprint density at radius 2 is 1.92 bits per heavy atom. The number of carbonyl (C=O) groups excluding carboxylic acids is 2. The number of benzene rings is 2. The van der Waals surface area contributed by atoms with Gasteiger partial charge in [-0.2, -0.15) is 0 Å². The van der Waals surface area contributed by atoms with E-state index in [-0.39, 0.29) is 28.7 Å². The number of aryl methyl sites for hydroxylation is 1. The first-order valence-corrected chi connectivity index (χ1v) is 21.4. The highest BCUT2D eigenvalue weighted by atomic mass is 35.5. The lowest BCUT2D eigenvalue weighted by Crippen LogP contribution is -2.53. The third-order valence-corrected chi connectivity index (χ3v) is 15.3. The van der Waals surface area contributed by atoms with Gasteiger partial charge in [0.1, 0.15) is 11.4 Å². The van der Waals surface area contributed by atoms with Crippen LogP contribution in [-0.2, 0) is 31.4 Å². The average Bonchev–Trinajstić information content (AvgIpc) is 3.57. The minimum absolute atomic E-state index is 0.0434. The first-order chi connectivity index (χ1) is 25.5. The molecule has 53 heavy (non-hydrogen) atoms. The number of allylic oxidation sites excluding steroid dienone is 1. The number of fused-ring (bicyclic) bond motifs is 5. The van der Waals surface area contributed by atoms with Crippen LogP contribution < -0.4 is 19.7 Å². The Morgan fingerprint density at radius 3 is 2.68 bits per heavy atom. The molecular formula is C41H55ClN4O6S. The molecule has 2 aromatic carbocycles. The first-order valence-electron chi connectivity index (χ1n) is 19.5. The number of ether oxygens (including phenoxy) is 2. The average molecular weight is 767 g/mol. The van der Waals surface area contributed by atoms with Crippen LogP contribution in [0.5, 0.6) is 5.75 Å². The summed E-state index contributed by atoms with van der Waals surface area (Å²) >= 11 is 6.40. The van der Waals surface area contributed by atoms with Crippen molar-refractivity contribution < 1.29 is 27.5 Å². The Bertz CT molecular complexity index is 1810. The number of sulfonamides is 1. The lowest BCUT2D eigenvalue weighted by molar-refractivity contribution is -0.135. The van der Waals surface area contributed by atoms with Gasteiger partial charge in [0.25, 0.3) is 5.91 Å². The molecule has 8 rings (SSSR count). The summed E-state index contributed by atoms with van der Waals surface area (Å²) in [6.45, 7) is 10.3. The van der Waals surface area contributed by atoms with E-state index in [0.717, 1.165) is 50.1 Å². The summed E-state index contributed by atoms with van der Waals surface area (Å²) in [6.07, 6.45) is 12.5. The van der Waals surface area contributed by atoms with E-state index in [4.69, 9.17) is 21.1 Å². The SMILES string of the molecule is C1CC2CNCCN2C1.CO[C@]1(C=O)/C=C/C[C@H](C)[C@@H](C)S(=O)(=O)NC(=O)c2ccc3c(c2)N(C[C@@H]2CC[C@H]21)C[C@@]1(CCCc2cc(Cl)ccc21)CO3. The molecule has 1 saturated carbocycles. The van der Waals surface area contributed by atoms with Gasteiger partial charge in [0, 0.05) is 67.8 Å². The molecule has 2 saturated heterocycles. The quantitative estimate of drug-likeness (QED) is 0.301. The summed E-state index contributed by atoms with van der Waals surface area (Å²) in [6, 6.07) is 12.2. The van der Waals surface area contributed by atoms with E-state index >= 15 is 0 Å². The molecule has 1 unspecified atom stereocenters. The van der Waals surface area contributed by atoms with Crippen LogP contribution >= 0.6 is 11.6 Å². The molecule has 0 aromatic heterocycles. The van der Waals surface area contributed by atoms with Gasteiger partial charge in [-0.15, -0.1) is 0 Å². The van der Waals surface area contributed by atoms with E-state index < -0.39 is 26.8 Å². The zero-order valence-corrected chi connectivity index (χ0v) is 32.9. The van der Waals surface area contributed by atoms with Crippen LogP contribution in [0.4, 0.5) is 5.69 Å². The molecule has 2 N–H and O–H groups in total. The lowest BCUT2D eigenvalue weighted by atomic mass is 9.64. The Kier molecular flexibility index (Phi) is 11.3. The normalized spacial score (nSPS) is 34.4. The monoisotopic (exact) mass is 766 g/mol. The molecular weight excluding hydrogens is 712 g/mol. The summed E-state index contributed by atoms with van der Waals surface area (Å²) in [5.41, 5.74) is 2.05. The van der Waals surface area contributed by atoms with Crippen LogP contribution in [0.2, 0.25) is 5.02 Å². The summed E-state index contributed by atoms with van der Waals surface area (Å²) in [7, 11) is -2.41. The molecule has 1 amide bonds. The number of aldehydes is 1. The maximum Gasteiger partial charge on any atom is 0.264 e. The fourth-order valence-corrected chi connectivity index (χ4v) is 11.1. The Morgan fingerprint density at radius 1 is 1.08 bits per heavy atom. The third kappa shape index (κ3) is 7.66. The van der Waals surface area contributed by atoms with Crippen molar-refractivity contribution in [3.8, 4) is 5.75 Å². The minimum Gasteiger partial charge on any atom is -0.490 e. The van der Waals surface area contributed by atoms with Crippen LogP contribution in [0.3, 0.4) is 0 Å². The molecule has 288 valence electrons. The highest BCUT2D eigenvalue weighted by molar-refractivity contribution is 7.90. The molecule has 6 aliphatic rings. The van der Waals surface area contributed by atoms with Crippen molar-refractivity contribution in [2.45, 2.75) is 87.5 Å². The topological polar surface area (TPSA) is 117 Å². The van der Waals surface area contributed by atoms with Gasteiger partial charge < -0.3 is 19.7 Å². The van der Waals surface area contributed by atoms with Gasteiger partial charge in [0.15, 0.2) is 6.29 Å². The van der Waals surface area contributed by atoms with E-state index in [1.54, 1.807) is 32.2 Å². The standard InChI is InChI=1S/C34H41ClN2O6S.C7H14N2/c1-22-6-4-15-34(20-38,42-3)29-11-8-26(29)18-37-19-33(14-5-7-24-16-27(35)10-12-28(24)33)21-43-31-13-9-25(17-30(31)37)32(39)36-44(40,41)23(22)2;1-2-7-6-8-3-5-9(7)4-1/h4,9-10,12-13,15-17,20,22-23,26,29H,5-8,11,14,18-19,21H2,1-3H3,(H,36,39);7-8H,1-6H2/b15-4+;/t22-,23+,26-,29+,33-,34-;/m0./s1. The molecule has 3 fully saturated rings. The number of rotatable bonds is 2. The van der Waals surface area contributed by atoms with Crippen LogP contribution in [0.15, 0.2) is 48.6 Å². The van der Waals surface area contributed by atoms with Crippen LogP contribution in [0.25, 0.3) is 0 Å². The number of anilines is 1. The van der Waals surface area contributed by atoms with Crippen molar-refractivity contribution in [1.82, 2.24) is 14.9 Å². The van der Waals surface area contributed by atoms with Crippen LogP contribution in [0.1, 0.15) is 80.3 Å². The van der Waals surface area contributed by atoms with Crippen molar-refractivity contribution in [1.29, 1.82) is 0 Å². The van der Waals surface area contributed by atoms with E-state index in [1.165, 1.54) is 50.1 Å². The van der Waals surface area contributed by atoms with Crippen molar-refractivity contribution in [3.63, 3.8) is 0 Å². The highest BCUT2D eigenvalue weighted by Gasteiger charge is 2.49. The van der Waals surface area contributed by atoms with Gasteiger partial charge >= 0.3 is 0 Å². The van der Waals surface area contributed by atoms with Gasteiger partial charge in [-0.1, -0.05) is 30.7 Å². The second kappa shape index (κ2) is 15.6. The second-order valence-corrected chi connectivity index (χ2v) is 18.7. The number of nitrogens with one attached hydrogen (secondary N) is 2. The fourth-order valence-electron chi connectivity index (χ4n) is 9.60. The predicted molar refractivity (Wildman–Crippen MR) is 208 cm³/mol. The zero-order valence-electron chi connectivity index (χ0n) is 31.3. The van der Waals surface area contributed by atoms with E-state index in [9.17, 15) is 18.0 Å². The molecule has 10 nitrogen and oxygen atoms in total. The number of nitrogens with zero attached hydrogens (tertiary/aromatic N) is 2. The zero-order chi connectivity index (χ0) is 37.4. The smallest absolute Gasteiger partial charge is 0.264 e. The second-order valence-electron chi connectivity index (χ2n) is 16.2. The van der Waals surface area contributed by atoms with Crippen molar-refractivity contribution >= 4 is 39.5 Å². The van der Waals surface area contributed by atoms with Crippen LogP contribution in [0, 0.1) is 17.8 Å². The summed E-state index contributed by atoms with van der Waals surface area (Å²) in [5, 5.41) is 3.29. The lowest BCUT2D eigenvalue weighted by Gasteiger charge is -2.48. The van der Waals surface area contributed by atoms with Gasteiger partial charge in [-0.3, -0.25) is 14.5 Å². The molecule has 4 aliphatic heterocycles. The molecule has 2 aromatic rings. The van der Waals surface area contributed by atoms with Gasteiger partial charge in [-0.05, 0) is 124 Å². The first kappa shape index (κ1) is 38.3. The van der Waals surface area contributed by atoms with Crippen LogP contribution in [-0.4, -0.2) is 95.4 Å². The van der Waals surface area contributed by atoms with E-state index in [1.807, 2.05) is 25.1 Å². The van der Waals surface area contributed by atoms with Gasteiger partial charge in [0.05, 0.1) is 17.5 Å². The Hall–Kier alpha value is -2.96. The van der Waals surface area contributed by atoms with Gasteiger partial charge in [0.2, 0.25) is 10.0 Å². The Balaban J connectivity index is 0.000000418. The van der Waals surface area contributed by atoms with E-state index in [2.05, 4.69) is 32.0 Å². The van der Waals surface area contributed by atoms with Gasteiger partial charge in [-0.25, -0.2) is 13.1 Å². The van der Waals surface area contributed by atoms with E-state index in [0.29, 0.717) is 36.9 Å². The number of piperazine rings is 1. The summed E-state index contributed by atoms with van der Waals surface area (Å²) < 4.78 is 41.3. The number of carbonyl (C=O) groups is 2. The molecule has 1 spiro atoms.